The van der Waals surface area contributed by atoms with E-state index in [-0.39, 0.29) is 11.9 Å². The van der Waals surface area contributed by atoms with Gasteiger partial charge in [0.1, 0.15) is 12.1 Å². The normalized spacial score (nSPS) is 20.6. The van der Waals surface area contributed by atoms with Crippen molar-refractivity contribution in [3.8, 4) is 0 Å². The summed E-state index contributed by atoms with van der Waals surface area (Å²) in [7, 11) is 0. The maximum atomic E-state index is 13.3. The number of aryl methyl sites for hydroxylation is 1. The monoisotopic (exact) mass is 345 g/mol. The van der Waals surface area contributed by atoms with E-state index in [1.165, 1.54) is 24.2 Å². The third-order valence-corrected chi connectivity index (χ3v) is 5.29. The van der Waals surface area contributed by atoms with E-state index in [9.17, 15) is 9.18 Å². The van der Waals surface area contributed by atoms with Crippen LogP contribution in [0.3, 0.4) is 0 Å². The zero-order valence-corrected chi connectivity index (χ0v) is 14.4. The maximum absolute atomic E-state index is 13.3. The Kier molecular flexibility index (Phi) is 5.14. The Labute approximate surface area is 146 Å². The van der Waals surface area contributed by atoms with Gasteiger partial charge >= 0.3 is 0 Å². The third-order valence-electron chi connectivity index (χ3n) is 4.78. The van der Waals surface area contributed by atoms with E-state index >= 15 is 0 Å². The predicted octanol–water partition coefficient (Wildman–Crippen LogP) is 4.11. The van der Waals surface area contributed by atoms with Crippen LogP contribution in [0.1, 0.15) is 53.1 Å². The number of rotatable bonds is 4. The maximum Gasteiger partial charge on any atom is 0.155 e. The molecule has 1 saturated carbocycles. The Morgan fingerprint density at radius 3 is 2.71 bits per heavy atom. The molecule has 1 aromatic heterocycles. The molecule has 0 radical (unpaired) electrons. The topological polar surface area (TPSA) is 46.1 Å². The number of thiol groups is 1. The Hall–Kier alpha value is -1.95. The van der Waals surface area contributed by atoms with E-state index in [1.807, 2.05) is 13.0 Å². The first-order valence-corrected chi connectivity index (χ1v) is 8.49. The molecule has 6 heteroatoms. The van der Waals surface area contributed by atoms with Crippen molar-refractivity contribution in [2.75, 3.05) is 4.31 Å². The van der Waals surface area contributed by atoms with Crippen molar-refractivity contribution in [3.63, 3.8) is 0 Å². The van der Waals surface area contributed by atoms with Crippen LogP contribution in [0.4, 0.5) is 10.2 Å². The van der Waals surface area contributed by atoms with Crippen molar-refractivity contribution in [2.24, 2.45) is 0 Å². The van der Waals surface area contributed by atoms with Crippen LogP contribution in [0.5, 0.6) is 0 Å². The summed E-state index contributed by atoms with van der Waals surface area (Å²) in [5.41, 5.74) is 2.69. The number of hydrogen-bond acceptors (Lipinski definition) is 5. The molecule has 0 amide bonds. The van der Waals surface area contributed by atoms with Gasteiger partial charge in [0.15, 0.2) is 12.1 Å². The van der Waals surface area contributed by atoms with Gasteiger partial charge in [-0.25, -0.2) is 14.4 Å². The lowest BCUT2D eigenvalue weighted by molar-refractivity contribution is 0.112. The van der Waals surface area contributed by atoms with Crippen molar-refractivity contribution in [1.29, 1.82) is 0 Å². The highest BCUT2D eigenvalue weighted by molar-refractivity contribution is 7.81. The highest BCUT2D eigenvalue weighted by atomic mass is 32.1. The average Bonchev–Trinajstić information content (AvgIpc) is 2.61. The zero-order valence-electron chi connectivity index (χ0n) is 13.5. The summed E-state index contributed by atoms with van der Waals surface area (Å²) in [6, 6.07) is 5.27. The molecule has 0 aliphatic heterocycles. The number of halogens is 1. The summed E-state index contributed by atoms with van der Waals surface area (Å²) < 4.78 is 15.1. The van der Waals surface area contributed by atoms with Crippen LogP contribution < -0.4 is 4.31 Å². The summed E-state index contributed by atoms with van der Waals surface area (Å²) in [4.78, 5) is 19.2. The van der Waals surface area contributed by atoms with Crippen LogP contribution in [-0.4, -0.2) is 22.3 Å². The molecule has 0 bridgehead atoms. The van der Waals surface area contributed by atoms with Crippen molar-refractivity contribution >= 4 is 24.9 Å². The van der Waals surface area contributed by atoms with Crippen molar-refractivity contribution in [3.05, 3.63) is 53.2 Å². The van der Waals surface area contributed by atoms with Gasteiger partial charge in [-0.2, -0.15) is 0 Å². The largest absolute Gasteiger partial charge is 0.299 e. The summed E-state index contributed by atoms with van der Waals surface area (Å²) in [6.07, 6.45) is 7.61. The SMILES string of the molecule is Cc1cc(F)ccc1C1CCC(N(S)c2ncncc2C=O)CC1. The molecule has 24 heavy (non-hydrogen) atoms. The first-order valence-electron chi connectivity index (χ1n) is 8.09. The fraction of sp³-hybridized carbons (Fsp3) is 0.389. The second kappa shape index (κ2) is 7.30. The molecule has 0 unspecified atom stereocenters. The smallest absolute Gasteiger partial charge is 0.155 e. The number of aromatic nitrogens is 2. The minimum absolute atomic E-state index is 0.184. The summed E-state index contributed by atoms with van der Waals surface area (Å²) >= 11 is 4.57. The van der Waals surface area contributed by atoms with Gasteiger partial charge in [-0.15, -0.1) is 0 Å². The number of carbonyl (C=O) groups is 1. The molecule has 1 fully saturated rings. The standard InChI is InChI=1S/C18H20FN3OS/c1-12-8-15(19)4-7-17(12)13-2-5-16(6-3-13)22(24)18-14(10-23)9-20-11-21-18/h4,7-11,13,16,24H,2-3,5-6H2,1H3. The summed E-state index contributed by atoms with van der Waals surface area (Å²) in [5, 5.41) is 0. The minimum atomic E-state index is -0.184. The van der Waals surface area contributed by atoms with Gasteiger partial charge in [-0.3, -0.25) is 9.10 Å². The lowest BCUT2D eigenvalue weighted by Crippen LogP contribution is -2.32. The van der Waals surface area contributed by atoms with Crippen LogP contribution in [0.25, 0.3) is 0 Å². The Balaban J connectivity index is 1.69. The zero-order chi connectivity index (χ0) is 17.1. The van der Waals surface area contributed by atoms with Gasteiger partial charge in [0.05, 0.1) is 5.56 Å². The van der Waals surface area contributed by atoms with Crippen LogP contribution in [0.15, 0.2) is 30.7 Å². The van der Waals surface area contributed by atoms with Crippen molar-refractivity contribution in [1.82, 2.24) is 9.97 Å². The average molecular weight is 345 g/mol. The number of nitrogens with zero attached hydrogens (tertiary/aromatic N) is 3. The number of benzene rings is 1. The molecule has 4 nitrogen and oxygen atoms in total. The molecule has 1 aliphatic carbocycles. The number of hydrogen-bond donors (Lipinski definition) is 1. The number of carbonyl (C=O) groups excluding carboxylic acids is 1. The molecular formula is C18H20FN3OS. The van der Waals surface area contributed by atoms with Crippen molar-refractivity contribution < 1.29 is 9.18 Å². The van der Waals surface area contributed by atoms with E-state index < -0.39 is 0 Å². The van der Waals surface area contributed by atoms with Crippen LogP contribution in [0, 0.1) is 12.7 Å². The highest BCUT2D eigenvalue weighted by Gasteiger charge is 2.28. The van der Waals surface area contributed by atoms with Crippen molar-refractivity contribution in [2.45, 2.75) is 44.6 Å². The van der Waals surface area contributed by atoms with E-state index in [4.69, 9.17) is 0 Å². The molecule has 0 N–H and O–H groups in total. The second-order valence-corrected chi connectivity index (χ2v) is 6.70. The van der Waals surface area contributed by atoms with E-state index in [0.717, 1.165) is 37.5 Å². The lowest BCUT2D eigenvalue weighted by Gasteiger charge is -2.35. The first kappa shape index (κ1) is 16.9. The molecular weight excluding hydrogens is 325 g/mol. The lowest BCUT2D eigenvalue weighted by atomic mass is 9.80. The third kappa shape index (κ3) is 3.43. The van der Waals surface area contributed by atoms with Crippen LogP contribution >= 0.6 is 12.8 Å². The molecule has 1 aliphatic rings. The molecule has 0 spiro atoms. The van der Waals surface area contributed by atoms with Gasteiger partial charge in [0, 0.05) is 12.2 Å². The Morgan fingerprint density at radius 1 is 1.29 bits per heavy atom. The number of aldehydes is 1. The molecule has 2 aromatic rings. The second-order valence-electron chi connectivity index (χ2n) is 6.27. The van der Waals surface area contributed by atoms with Gasteiger partial charge < -0.3 is 0 Å². The molecule has 0 atom stereocenters. The van der Waals surface area contributed by atoms with Gasteiger partial charge in [-0.05, 0) is 61.8 Å². The van der Waals surface area contributed by atoms with E-state index in [0.29, 0.717) is 17.3 Å². The van der Waals surface area contributed by atoms with Gasteiger partial charge in [-0.1, -0.05) is 18.9 Å². The first-order chi connectivity index (χ1) is 11.6. The molecule has 126 valence electrons. The Bertz CT molecular complexity index is 732. The number of anilines is 1. The predicted molar refractivity (Wildman–Crippen MR) is 95.0 cm³/mol. The summed E-state index contributed by atoms with van der Waals surface area (Å²) in [6.45, 7) is 1.96. The van der Waals surface area contributed by atoms with Gasteiger partial charge in [0.25, 0.3) is 0 Å². The fourth-order valence-electron chi connectivity index (χ4n) is 3.51. The minimum Gasteiger partial charge on any atom is -0.299 e. The quantitative estimate of drug-likeness (QED) is 0.669. The highest BCUT2D eigenvalue weighted by Crippen LogP contribution is 2.38. The van der Waals surface area contributed by atoms with Crippen LogP contribution in [-0.2, 0) is 0 Å². The fourth-order valence-corrected chi connectivity index (χ4v) is 3.91. The molecule has 3 rings (SSSR count). The van der Waals surface area contributed by atoms with E-state index in [1.54, 1.807) is 10.4 Å². The van der Waals surface area contributed by atoms with Gasteiger partial charge in [0.2, 0.25) is 0 Å². The van der Waals surface area contributed by atoms with E-state index in [2.05, 4.69) is 22.8 Å². The van der Waals surface area contributed by atoms with Crippen LogP contribution in [0.2, 0.25) is 0 Å². The summed E-state index contributed by atoms with van der Waals surface area (Å²) in [5.74, 6) is 0.820. The molecule has 1 aromatic carbocycles. The molecule has 0 saturated heterocycles. The Morgan fingerprint density at radius 2 is 2.04 bits per heavy atom. The molecule has 1 heterocycles.